The minimum Gasteiger partial charge on any atom is -0.464 e. The molecular formula is C19H19N3O4. The number of nitrogens with zero attached hydrogens (tertiary/aromatic N) is 3. The Hall–Kier alpha value is -3.19. The number of esters is 1. The summed E-state index contributed by atoms with van der Waals surface area (Å²) >= 11 is 0. The van der Waals surface area contributed by atoms with Gasteiger partial charge in [0, 0.05) is 6.08 Å². The molecule has 1 aromatic heterocycles. The molecule has 0 aliphatic rings. The van der Waals surface area contributed by atoms with Crippen molar-refractivity contribution in [3.05, 3.63) is 66.7 Å². The lowest BCUT2D eigenvalue weighted by molar-refractivity contribution is -0.144. The minimum absolute atomic E-state index is 0.279. The molecule has 3 aromatic rings. The van der Waals surface area contributed by atoms with Crippen LogP contribution >= 0.6 is 0 Å². The molecule has 0 fully saturated rings. The average Bonchev–Trinajstić information content (AvgIpc) is 3.10. The van der Waals surface area contributed by atoms with Crippen LogP contribution in [0, 0.1) is 6.92 Å². The summed E-state index contributed by atoms with van der Waals surface area (Å²) in [4.78, 5) is 12.6. The summed E-state index contributed by atoms with van der Waals surface area (Å²) in [6.45, 7) is 4.98. The third-order valence-electron chi connectivity index (χ3n) is 3.75. The number of carbonyl (C=O) groups excluding carboxylic acids is 1. The largest absolute Gasteiger partial charge is 0.464 e. The first kappa shape index (κ1) is 17.6. The van der Waals surface area contributed by atoms with Crippen LogP contribution < -0.4 is 4.74 Å². The van der Waals surface area contributed by atoms with E-state index in [0.29, 0.717) is 16.8 Å². The molecule has 0 amide bonds. The summed E-state index contributed by atoms with van der Waals surface area (Å²) in [5.74, 6) is -0.0957. The maximum Gasteiger partial charge on any atom is 0.330 e. The zero-order valence-corrected chi connectivity index (χ0v) is 14.3. The summed E-state index contributed by atoms with van der Waals surface area (Å²) in [6.07, 6.45) is -1.12. The molecule has 0 aliphatic carbocycles. The highest BCUT2D eigenvalue weighted by Crippen LogP contribution is 2.22. The first-order chi connectivity index (χ1) is 12.6. The van der Waals surface area contributed by atoms with E-state index in [9.17, 15) is 9.90 Å². The lowest BCUT2D eigenvalue weighted by Gasteiger charge is -2.23. The van der Waals surface area contributed by atoms with Crippen LogP contribution in [0.3, 0.4) is 0 Å². The van der Waals surface area contributed by atoms with Gasteiger partial charge >= 0.3 is 5.97 Å². The summed E-state index contributed by atoms with van der Waals surface area (Å²) in [5, 5.41) is 19.4. The maximum absolute atomic E-state index is 11.3. The number of fused-ring (bicyclic) bond motifs is 1. The molecule has 2 unspecified atom stereocenters. The van der Waals surface area contributed by atoms with Crippen LogP contribution in [0.25, 0.3) is 11.0 Å². The van der Waals surface area contributed by atoms with E-state index in [0.717, 1.165) is 11.6 Å². The van der Waals surface area contributed by atoms with Crippen LogP contribution in [0.15, 0.2) is 61.2 Å². The average molecular weight is 353 g/mol. The van der Waals surface area contributed by atoms with Crippen molar-refractivity contribution in [2.45, 2.75) is 19.3 Å². The van der Waals surface area contributed by atoms with Gasteiger partial charge in [0.05, 0.1) is 0 Å². The lowest BCUT2D eigenvalue weighted by Crippen LogP contribution is -2.34. The van der Waals surface area contributed by atoms with Crippen LogP contribution in [-0.2, 0) is 9.53 Å². The molecule has 0 saturated heterocycles. The Bertz CT molecular complexity index is 908. The molecule has 0 bridgehead atoms. The molecule has 1 N–H and O–H groups in total. The smallest absolute Gasteiger partial charge is 0.330 e. The van der Waals surface area contributed by atoms with Gasteiger partial charge in [-0.3, -0.25) is 0 Å². The van der Waals surface area contributed by atoms with Crippen molar-refractivity contribution in [3.63, 3.8) is 0 Å². The highest BCUT2D eigenvalue weighted by Gasteiger charge is 2.27. The van der Waals surface area contributed by atoms with Gasteiger partial charge in [-0.2, -0.15) is 0 Å². The first-order valence-corrected chi connectivity index (χ1v) is 8.09. The lowest BCUT2D eigenvalue weighted by atomic mass is 10.2. The number of carbonyl (C=O) groups is 1. The zero-order chi connectivity index (χ0) is 18.5. The molecule has 2 atom stereocenters. The van der Waals surface area contributed by atoms with Crippen LogP contribution in [0.2, 0.25) is 0 Å². The van der Waals surface area contributed by atoms with E-state index >= 15 is 0 Å². The number of ether oxygens (including phenoxy) is 2. The number of benzene rings is 2. The second-order valence-electron chi connectivity index (χ2n) is 5.69. The van der Waals surface area contributed by atoms with E-state index in [4.69, 9.17) is 9.47 Å². The first-order valence-electron chi connectivity index (χ1n) is 8.09. The number of para-hydroxylation sites is 1. The molecule has 7 heteroatoms. The second-order valence-corrected chi connectivity index (χ2v) is 5.69. The SMILES string of the molecule is C=CC(=O)OCC(O)C(Oc1ccccc1)n1nc2cccc(C)c2n1. The molecule has 0 saturated carbocycles. The predicted octanol–water partition coefficient (Wildman–Crippen LogP) is 2.41. The standard InChI is InChI=1S/C19H19N3O4/c1-3-17(24)25-12-16(23)19(26-14-9-5-4-6-10-14)22-20-15-11-7-8-13(2)18(15)21-22/h3-11,16,19,23H,1,12H2,2H3. The summed E-state index contributed by atoms with van der Waals surface area (Å²) in [6, 6.07) is 14.6. The predicted molar refractivity (Wildman–Crippen MR) is 95.5 cm³/mol. The summed E-state index contributed by atoms with van der Waals surface area (Å²) in [5.41, 5.74) is 2.35. The van der Waals surface area contributed by atoms with E-state index in [2.05, 4.69) is 16.8 Å². The van der Waals surface area contributed by atoms with Crippen molar-refractivity contribution in [1.29, 1.82) is 0 Å². The van der Waals surface area contributed by atoms with Gasteiger partial charge in [0.1, 0.15) is 29.5 Å². The topological polar surface area (TPSA) is 86.5 Å². The van der Waals surface area contributed by atoms with Gasteiger partial charge in [-0.25, -0.2) is 4.79 Å². The summed E-state index contributed by atoms with van der Waals surface area (Å²) < 4.78 is 10.8. The number of rotatable bonds is 7. The molecule has 134 valence electrons. The minimum atomic E-state index is -1.18. The molecule has 2 aromatic carbocycles. The summed E-state index contributed by atoms with van der Waals surface area (Å²) in [7, 11) is 0. The van der Waals surface area contributed by atoms with Crippen molar-refractivity contribution in [2.24, 2.45) is 0 Å². The van der Waals surface area contributed by atoms with Crippen LogP contribution in [0.5, 0.6) is 5.75 Å². The van der Waals surface area contributed by atoms with E-state index in [1.54, 1.807) is 12.1 Å². The van der Waals surface area contributed by atoms with Gasteiger partial charge < -0.3 is 14.6 Å². The molecule has 3 rings (SSSR count). The Morgan fingerprint density at radius 3 is 2.69 bits per heavy atom. The Labute approximate surface area is 150 Å². The van der Waals surface area contributed by atoms with Crippen molar-refractivity contribution in [2.75, 3.05) is 6.61 Å². The second kappa shape index (κ2) is 7.79. The fraction of sp³-hybridized carbons (Fsp3) is 0.211. The van der Waals surface area contributed by atoms with Crippen molar-refractivity contribution in [3.8, 4) is 5.75 Å². The number of aromatic nitrogens is 3. The fourth-order valence-corrected chi connectivity index (χ4v) is 2.43. The van der Waals surface area contributed by atoms with E-state index < -0.39 is 18.3 Å². The van der Waals surface area contributed by atoms with Crippen LogP contribution in [-0.4, -0.2) is 38.8 Å². The number of aliphatic hydroxyl groups excluding tert-OH is 1. The quantitative estimate of drug-likeness (QED) is 0.518. The van der Waals surface area contributed by atoms with Crippen molar-refractivity contribution in [1.82, 2.24) is 15.0 Å². The van der Waals surface area contributed by atoms with Gasteiger partial charge in [-0.05, 0) is 30.7 Å². The number of aliphatic hydroxyl groups is 1. The maximum atomic E-state index is 11.3. The Kier molecular flexibility index (Phi) is 5.28. The number of aryl methyl sites for hydroxylation is 1. The van der Waals surface area contributed by atoms with Gasteiger partial charge in [0.15, 0.2) is 0 Å². The number of hydrogen-bond donors (Lipinski definition) is 1. The van der Waals surface area contributed by atoms with Crippen molar-refractivity contribution >= 4 is 17.0 Å². The molecule has 0 spiro atoms. The van der Waals surface area contributed by atoms with Crippen LogP contribution in [0.4, 0.5) is 0 Å². The van der Waals surface area contributed by atoms with E-state index in [1.807, 2.05) is 43.3 Å². The highest BCUT2D eigenvalue weighted by molar-refractivity contribution is 5.81. The van der Waals surface area contributed by atoms with Gasteiger partial charge in [0.2, 0.25) is 6.23 Å². The molecule has 7 nitrogen and oxygen atoms in total. The van der Waals surface area contributed by atoms with Crippen LogP contribution in [0.1, 0.15) is 11.8 Å². The third-order valence-corrected chi connectivity index (χ3v) is 3.75. The van der Waals surface area contributed by atoms with Gasteiger partial charge in [-0.15, -0.1) is 15.0 Å². The monoisotopic (exact) mass is 353 g/mol. The Morgan fingerprint density at radius 1 is 1.23 bits per heavy atom. The van der Waals surface area contributed by atoms with Gasteiger partial charge in [-0.1, -0.05) is 36.9 Å². The zero-order valence-electron chi connectivity index (χ0n) is 14.3. The Balaban J connectivity index is 1.91. The van der Waals surface area contributed by atoms with E-state index in [-0.39, 0.29) is 6.61 Å². The molecule has 0 aliphatic heterocycles. The molecule has 26 heavy (non-hydrogen) atoms. The van der Waals surface area contributed by atoms with Gasteiger partial charge in [0.25, 0.3) is 0 Å². The molecule has 0 radical (unpaired) electrons. The Morgan fingerprint density at radius 2 is 2.00 bits per heavy atom. The third kappa shape index (κ3) is 3.89. The fourth-order valence-electron chi connectivity index (χ4n) is 2.43. The normalized spacial score (nSPS) is 13.2. The number of hydrogen-bond acceptors (Lipinski definition) is 6. The highest BCUT2D eigenvalue weighted by atomic mass is 16.6. The molecule has 1 heterocycles. The van der Waals surface area contributed by atoms with E-state index in [1.165, 1.54) is 4.80 Å². The van der Waals surface area contributed by atoms with Crippen molar-refractivity contribution < 1.29 is 19.4 Å². The molecular weight excluding hydrogens is 334 g/mol.